The summed E-state index contributed by atoms with van der Waals surface area (Å²) in [5.41, 5.74) is 1.85. The number of sulfone groups is 1. The Morgan fingerprint density at radius 1 is 1.56 bits per heavy atom. The Hall–Kier alpha value is -0.880. The lowest BCUT2D eigenvalue weighted by molar-refractivity contribution is 0.280. The molecule has 1 aromatic rings. The van der Waals surface area contributed by atoms with E-state index in [2.05, 4.69) is 5.10 Å². The van der Waals surface area contributed by atoms with Gasteiger partial charge in [-0.15, -0.1) is 0 Å². The molecule has 1 fully saturated rings. The molecule has 5 nitrogen and oxygen atoms in total. The Kier molecular flexibility index (Phi) is 3.03. The number of nitrogens with zero attached hydrogens (tertiary/aromatic N) is 2. The lowest BCUT2D eigenvalue weighted by Gasteiger charge is -2.07. The zero-order valence-electron chi connectivity index (χ0n) is 9.26. The molecule has 1 heterocycles. The highest BCUT2D eigenvalue weighted by Crippen LogP contribution is 2.41. The van der Waals surface area contributed by atoms with Gasteiger partial charge < -0.3 is 5.11 Å². The Labute approximate surface area is 95.0 Å². The van der Waals surface area contributed by atoms with E-state index in [1.165, 1.54) is 6.26 Å². The Morgan fingerprint density at radius 2 is 2.25 bits per heavy atom. The van der Waals surface area contributed by atoms with Gasteiger partial charge in [0.1, 0.15) is 9.84 Å². The molecule has 1 aliphatic carbocycles. The summed E-state index contributed by atoms with van der Waals surface area (Å²) in [6.45, 7) is 0.357. The quantitative estimate of drug-likeness (QED) is 0.808. The number of aryl methyl sites for hydroxylation is 1. The van der Waals surface area contributed by atoms with Crippen molar-refractivity contribution in [1.82, 2.24) is 9.78 Å². The van der Waals surface area contributed by atoms with E-state index in [1.54, 1.807) is 10.9 Å². The number of rotatable bonds is 5. The van der Waals surface area contributed by atoms with Crippen LogP contribution in [0.3, 0.4) is 0 Å². The molecule has 90 valence electrons. The van der Waals surface area contributed by atoms with Crippen LogP contribution in [0.5, 0.6) is 0 Å². The van der Waals surface area contributed by atoms with Crippen LogP contribution in [0, 0.1) is 0 Å². The lowest BCUT2D eigenvalue weighted by atomic mass is 10.2. The van der Waals surface area contributed by atoms with Crippen LogP contribution >= 0.6 is 0 Å². The van der Waals surface area contributed by atoms with Gasteiger partial charge in [0.25, 0.3) is 0 Å². The van der Waals surface area contributed by atoms with Crippen LogP contribution in [0.1, 0.15) is 30.0 Å². The molecule has 2 rings (SSSR count). The molecule has 0 aromatic carbocycles. The molecule has 16 heavy (non-hydrogen) atoms. The van der Waals surface area contributed by atoms with Crippen LogP contribution in [-0.4, -0.2) is 35.3 Å². The third kappa shape index (κ3) is 2.62. The molecule has 0 atom stereocenters. The van der Waals surface area contributed by atoms with Gasteiger partial charge in [-0.1, -0.05) is 0 Å². The van der Waals surface area contributed by atoms with Crippen LogP contribution in [0.15, 0.2) is 6.20 Å². The number of hydrogen-bond acceptors (Lipinski definition) is 4. The third-order valence-electron chi connectivity index (χ3n) is 2.77. The molecule has 0 amide bonds. The predicted molar refractivity (Wildman–Crippen MR) is 59.8 cm³/mol. The topological polar surface area (TPSA) is 72.2 Å². The highest BCUT2D eigenvalue weighted by molar-refractivity contribution is 7.90. The van der Waals surface area contributed by atoms with Gasteiger partial charge in [0, 0.05) is 23.4 Å². The smallest absolute Gasteiger partial charge is 0.149 e. The first kappa shape index (κ1) is 11.6. The average Bonchev–Trinajstić information content (AvgIpc) is 2.94. The van der Waals surface area contributed by atoms with Crippen molar-refractivity contribution in [3.8, 4) is 0 Å². The number of hydrogen-bond donors (Lipinski definition) is 1. The van der Waals surface area contributed by atoms with Gasteiger partial charge in [-0.05, 0) is 12.8 Å². The van der Waals surface area contributed by atoms with E-state index in [-0.39, 0.29) is 12.4 Å². The fourth-order valence-electron chi connectivity index (χ4n) is 1.82. The highest BCUT2D eigenvalue weighted by atomic mass is 32.2. The summed E-state index contributed by atoms with van der Waals surface area (Å²) in [6.07, 6.45) is 5.07. The predicted octanol–water partition coefficient (Wildman–Crippen LogP) is 0.297. The molecule has 1 aromatic heterocycles. The van der Waals surface area contributed by atoms with E-state index in [4.69, 9.17) is 5.11 Å². The van der Waals surface area contributed by atoms with Crippen LogP contribution in [-0.2, 0) is 23.0 Å². The molecule has 0 saturated heterocycles. The summed E-state index contributed by atoms with van der Waals surface area (Å²) < 4.78 is 23.9. The van der Waals surface area contributed by atoms with E-state index in [0.29, 0.717) is 12.5 Å². The van der Waals surface area contributed by atoms with Crippen LogP contribution in [0.4, 0.5) is 0 Å². The Balaban J connectivity index is 2.17. The SMILES string of the molecule is CS(=O)(=O)CCn1ncc(CO)c1C1CC1. The average molecular weight is 244 g/mol. The second-order valence-corrected chi connectivity index (χ2v) is 6.60. The third-order valence-corrected chi connectivity index (χ3v) is 3.69. The Morgan fingerprint density at radius 3 is 2.75 bits per heavy atom. The van der Waals surface area contributed by atoms with Crippen LogP contribution < -0.4 is 0 Å². The molecule has 6 heteroatoms. The van der Waals surface area contributed by atoms with Crippen LogP contribution in [0.25, 0.3) is 0 Å². The van der Waals surface area contributed by atoms with Crippen molar-refractivity contribution in [2.75, 3.05) is 12.0 Å². The van der Waals surface area contributed by atoms with Crippen molar-refractivity contribution in [3.05, 3.63) is 17.5 Å². The lowest BCUT2D eigenvalue weighted by Crippen LogP contribution is -2.14. The largest absolute Gasteiger partial charge is 0.392 e. The summed E-state index contributed by atoms with van der Waals surface area (Å²) in [5.74, 6) is 0.559. The van der Waals surface area contributed by atoms with Gasteiger partial charge in [0.15, 0.2) is 0 Å². The molecule has 0 bridgehead atoms. The van der Waals surface area contributed by atoms with Crippen molar-refractivity contribution in [1.29, 1.82) is 0 Å². The standard InChI is InChI=1S/C10H16N2O3S/c1-16(14,15)5-4-12-10(8-2-3-8)9(7-13)6-11-12/h6,8,13H,2-5,7H2,1H3. The van der Waals surface area contributed by atoms with Gasteiger partial charge >= 0.3 is 0 Å². The first-order valence-electron chi connectivity index (χ1n) is 5.34. The van der Waals surface area contributed by atoms with E-state index in [9.17, 15) is 8.42 Å². The monoisotopic (exact) mass is 244 g/mol. The fourth-order valence-corrected chi connectivity index (χ4v) is 2.32. The molecule has 0 spiro atoms. The summed E-state index contributed by atoms with van der Waals surface area (Å²) in [7, 11) is -2.97. The number of aromatic nitrogens is 2. The summed E-state index contributed by atoms with van der Waals surface area (Å²) in [4.78, 5) is 0. The minimum atomic E-state index is -2.97. The van der Waals surface area contributed by atoms with Crippen molar-refractivity contribution in [2.24, 2.45) is 0 Å². The van der Waals surface area contributed by atoms with E-state index < -0.39 is 9.84 Å². The maximum Gasteiger partial charge on any atom is 0.149 e. The van der Waals surface area contributed by atoms with Crippen LogP contribution in [0.2, 0.25) is 0 Å². The normalized spacial score (nSPS) is 16.6. The second-order valence-electron chi connectivity index (χ2n) is 4.34. The van der Waals surface area contributed by atoms with E-state index in [1.807, 2.05) is 0 Å². The van der Waals surface area contributed by atoms with Crippen molar-refractivity contribution in [3.63, 3.8) is 0 Å². The highest BCUT2D eigenvalue weighted by Gasteiger charge is 2.29. The summed E-state index contributed by atoms with van der Waals surface area (Å²) in [5, 5.41) is 13.3. The van der Waals surface area contributed by atoms with Gasteiger partial charge in [0.2, 0.25) is 0 Å². The summed E-state index contributed by atoms with van der Waals surface area (Å²) >= 11 is 0. The second kappa shape index (κ2) is 4.18. The maximum atomic E-state index is 11.1. The molecule has 1 N–H and O–H groups in total. The first-order valence-corrected chi connectivity index (χ1v) is 7.40. The molecular weight excluding hydrogens is 228 g/mol. The van der Waals surface area contributed by atoms with E-state index in [0.717, 1.165) is 24.1 Å². The van der Waals surface area contributed by atoms with Crippen molar-refractivity contribution in [2.45, 2.75) is 31.9 Å². The van der Waals surface area contributed by atoms with Gasteiger partial charge in [-0.2, -0.15) is 5.10 Å². The molecule has 1 aliphatic rings. The molecular formula is C10H16N2O3S. The molecule has 1 saturated carbocycles. The number of aliphatic hydroxyl groups is 1. The van der Waals surface area contributed by atoms with Crippen molar-refractivity contribution < 1.29 is 13.5 Å². The fraction of sp³-hybridized carbons (Fsp3) is 0.700. The maximum absolute atomic E-state index is 11.1. The number of aliphatic hydroxyl groups excluding tert-OH is 1. The summed E-state index contributed by atoms with van der Waals surface area (Å²) in [6, 6.07) is 0. The van der Waals surface area contributed by atoms with Gasteiger partial charge in [0.05, 0.1) is 25.1 Å². The zero-order chi connectivity index (χ0) is 11.8. The Bertz CT molecular complexity index is 474. The molecule has 0 radical (unpaired) electrons. The first-order chi connectivity index (χ1) is 7.51. The minimum Gasteiger partial charge on any atom is -0.392 e. The van der Waals surface area contributed by atoms with Gasteiger partial charge in [-0.25, -0.2) is 8.42 Å². The van der Waals surface area contributed by atoms with Crippen molar-refractivity contribution >= 4 is 9.84 Å². The van der Waals surface area contributed by atoms with E-state index >= 15 is 0 Å². The van der Waals surface area contributed by atoms with Gasteiger partial charge in [-0.3, -0.25) is 4.68 Å². The zero-order valence-corrected chi connectivity index (χ0v) is 10.1. The molecule has 0 unspecified atom stereocenters. The minimum absolute atomic E-state index is 0.0231. The molecule has 0 aliphatic heterocycles.